The predicted molar refractivity (Wildman–Crippen MR) is 183 cm³/mol. The van der Waals surface area contributed by atoms with Crippen molar-refractivity contribution in [2.45, 2.75) is 50.2 Å². The first-order chi connectivity index (χ1) is 21.8. The molecule has 4 aromatic rings. The van der Waals surface area contributed by atoms with Crippen molar-refractivity contribution in [2.24, 2.45) is 0 Å². The number of nitrogens with one attached hydrogen (secondary N) is 1. The van der Waals surface area contributed by atoms with E-state index in [1.165, 1.54) is 35.2 Å². The molecule has 1 atom stereocenters. The summed E-state index contributed by atoms with van der Waals surface area (Å²) >= 11 is 12.5. The Morgan fingerprint density at radius 2 is 1.46 bits per heavy atom. The third-order valence-electron chi connectivity index (χ3n) is 7.06. The number of amides is 2. The van der Waals surface area contributed by atoms with E-state index in [0.717, 1.165) is 9.87 Å². The van der Waals surface area contributed by atoms with E-state index in [0.29, 0.717) is 11.3 Å². The summed E-state index contributed by atoms with van der Waals surface area (Å²) in [5.74, 6) is -0.397. The molecule has 8 nitrogen and oxygen atoms in total. The van der Waals surface area contributed by atoms with Gasteiger partial charge in [0.05, 0.1) is 27.7 Å². The van der Waals surface area contributed by atoms with Crippen LogP contribution in [0.25, 0.3) is 0 Å². The van der Waals surface area contributed by atoms with E-state index >= 15 is 0 Å². The SMILES string of the molecule is COc1cccc(CN(C(=O)CN(c2ccc(Cl)c(Cl)c2)S(=O)(=O)c2ccccc2)C(Cc2ccccc2)C(=O)NC(C)(C)C)c1. The highest BCUT2D eigenvalue weighted by atomic mass is 35.5. The smallest absolute Gasteiger partial charge is 0.264 e. The van der Waals surface area contributed by atoms with Gasteiger partial charge in [-0.25, -0.2) is 8.42 Å². The number of anilines is 1. The van der Waals surface area contributed by atoms with Gasteiger partial charge in [-0.1, -0.05) is 83.9 Å². The Morgan fingerprint density at radius 3 is 2.07 bits per heavy atom. The van der Waals surface area contributed by atoms with Crippen LogP contribution in [-0.2, 0) is 32.6 Å². The number of carbonyl (C=O) groups excluding carboxylic acids is 2. The zero-order chi connectivity index (χ0) is 33.5. The number of rotatable bonds is 12. The number of carbonyl (C=O) groups is 2. The lowest BCUT2D eigenvalue weighted by molar-refractivity contribution is -0.140. The lowest BCUT2D eigenvalue weighted by Gasteiger charge is -2.35. The number of methoxy groups -OCH3 is 1. The number of hydrogen-bond acceptors (Lipinski definition) is 5. The van der Waals surface area contributed by atoms with Gasteiger partial charge in [0.1, 0.15) is 18.3 Å². The van der Waals surface area contributed by atoms with Crippen LogP contribution in [0.15, 0.2) is 108 Å². The molecule has 4 rings (SSSR count). The van der Waals surface area contributed by atoms with Crippen molar-refractivity contribution >= 4 is 50.7 Å². The maximum absolute atomic E-state index is 14.6. The van der Waals surface area contributed by atoms with Crippen LogP contribution < -0.4 is 14.4 Å². The van der Waals surface area contributed by atoms with Crippen LogP contribution in [0, 0.1) is 0 Å². The minimum atomic E-state index is -4.27. The third kappa shape index (κ3) is 9.02. The summed E-state index contributed by atoms with van der Waals surface area (Å²) in [6.45, 7) is 4.96. The Labute approximate surface area is 280 Å². The van der Waals surface area contributed by atoms with Gasteiger partial charge in [0.25, 0.3) is 10.0 Å². The van der Waals surface area contributed by atoms with E-state index in [4.69, 9.17) is 27.9 Å². The van der Waals surface area contributed by atoms with Crippen molar-refractivity contribution in [3.8, 4) is 5.75 Å². The molecule has 242 valence electrons. The molecule has 0 aliphatic rings. The summed E-state index contributed by atoms with van der Waals surface area (Å²) in [4.78, 5) is 30.0. The molecule has 0 aromatic heterocycles. The van der Waals surface area contributed by atoms with E-state index < -0.39 is 34.1 Å². The minimum Gasteiger partial charge on any atom is -0.497 e. The number of nitrogens with zero attached hydrogens (tertiary/aromatic N) is 2. The van der Waals surface area contributed by atoms with Gasteiger partial charge < -0.3 is 15.0 Å². The topological polar surface area (TPSA) is 96.0 Å². The average molecular weight is 683 g/mol. The molecule has 4 aromatic carbocycles. The number of halogens is 2. The molecule has 0 saturated heterocycles. The van der Waals surface area contributed by atoms with E-state index in [-0.39, 0.29) is 39.5 Å². The minimum absolute atomic E-state index is 0.00565. The zero-order valence-corrected chi connectivity index (χ0v) is 28.4. The molecule has 0 saturated carbocycles. The fourth-order valence-corrected chi connectivity index (χ4v) is 6.58. The summed E-state index contributed by atoms with van der Waals surface area (Å²) in [6, 6.07) is 27.7. The van der Waals surface area contributed by atoms with Crippen LogP contribution >= 0.6 is 23.2 Å². The maximum atomic E-state index is 14.6. The molecule has 0 radical (unpaired) electrons. The van der Waals surface area contributed by atoms with Gasteiger partial charge >= 0.3 is 0 Å². The van der Waals surface area contributed by atoms with Crippen LogP contribution in [0.1, 0.15) is 31.9 Å². The highest BCUT2D eigenvalue weighted by molar-refractivity contribution is 7.92. The van der Waals surface area contributed by atoms with Gasteiger partial charge in [-0.3, -0.25) is 13.9 Å². The molecule has 0 aliphatic heterocycles. The molecule has 1 N–H and O–H groups in total. The highest BCUT2D eigenvalue weighted by Crippen LogP contribution is 2.31. The van der Waals surface area contributed by atoms with Crippen LogP contribution in [0.4, 0.5) is 5.69 Å². The van der Waals surface area contributed by atoms with Crippen molar-refractivity contribution in [2.75, 3.05) is 18.0 Å². The molecule has 2 amide bonds. The van der Waals surface area contributed by atoms with E-state index in [2.05, 4.69) is 5.32 Å². The van der Waals surface area contributed by atoms with Gasteiger partial charge in [-0.2, -0.15) is 0 Å². The van der Waals surface area contributed by atoms with Crippen LogP contribution in [0.5, 0.6) is 5.75 Å². The van der Waals surface area contributed by atoms with Gasteiger partial charge in [-0.15, -0.1) is 0 Å². The van der Waals surface area contributed by atoms with E-state index in [1.807, 2.05) is 57.2 Å². The van der Waals surface area contributed by atoms with Gasteiger partial charge in [0.15, 0.2) is 0 Å². The monoisotopic (exact) mass is 681 g/mol. The largest absolute Gasteiger partial charge is 0.497 e. The van der Waals surface area contributed by atoms with E-state index in [1.54, 1.807) is 43.5 Å². The Bertz CT molecular complexity index is 1760. The molecule has 0 heterocycles. The molecule has 0 bridgehead atoms. The standard InChI is InChI=1S/C35H37Cl2N3O5S/c1-35(2,3)38-34(42)32(21-25-12-7-5-8-13-25)39(23-26-14-11-15-28(20-26)45-4)33(41)24-40(27-18-19-30(36)31(37)22-27)46(43,44)29-16-9-6-10-17-29/h5-20,22,32H,21,23-24H2,1-4H3,(H,38,42). The fraction of sp³-hybridized carbons (Fsp3) is 0.257. The third-order valence-corrected chi connectivity index (χ3v) is 9.58. The summed E-state index contributed by atoms with van der Waals surface area (Å²) in [7, 11) is -2.72. The Morgan fingerprint density at radius 1 is 0.826 bits per heavy atom. The van der Waals surface area contributed by atoms with Gasteiger partial charge in [-0.05, 0) is 74.4 Å². The Hall–Kier alpha value is -4.05. The summed E-state index contributed by atoms with van der Waals surface area (Å²) in [5.41, 5.74) is 1.07. The molecule has 46 heavy (non-hydrogen) atoms. The van der Waals surface area contributed by atoms with Crippen molar-refractivity contribution < 1.29 is 22.7 Å². The molecular weight excluding hydrogens is 645 g/mol. The first-order valence-electron chi connectivity index (χ1n) is 14.6. The first-order valence-corrected chi connectivity index (χ1v) is 16.8. The average Bonchev–Trinajstić information content (AvgIpc) is 3.03. The predicted octanol–water partition coefficient (Wildman–Crippen LogP) is 6.75. The Kier molecular flexibility index (Phi) is 11.4. The fourth-order valence-electron chi connectivity index (χ4n) is 4.86. The van der Waals surface area contributed by atoms with Crippen LogP contribution in [0.3, 0.4) is 0 Å². The van der Waals surface area contributed by atoms with Crippen molar-refractivity contribution in [3.05, 3.63) is 124 Å². The van der Waals surface area contributed by atoms with Crippen molar-refractivity contribution in [1.82, 2.24) is 10.2 Å². The molecule has 0 fully saturated rings. The quantitative estimate of drug-likeness (QED) is 0.178. The second kappa shape index (κ2) is 15.0. The second-order valence-corrected chi connectivity index (χ2v) is 14.4. The second-order valence-electron chi connectivity index (χ2n) is 11.7. The van der Waals surface area contributed by atoms with Crippen LogP contribution in [-0.4, -0.2) is 50.4 Å². The Balaban J connectivity index is 1.84. The lowest BCUT2D eigenvalue weighted by Crippen LogP contribution is -2.56. The van der Waals surface area contributed by atoms with Crippen LogP contribution in [0.2, 0.25) is 10.0 Å². The van der Waals surface area contributed by atoms with E-state index in [9.17, 15) is 18.0 Å². The molecular formula is C35H37Cl2N3O5S. The summed E-state index contributed by atoms with van der Waals surface area (Å²) < 4.78 is 34.6. The van der Waals surface area contributed by atoms with Gasteiger partial charge in [0, 0.05) is 18.5 Å². The molecule has 0 spiro atoms. The lowest BCUT2D eigenvalue weighted by atomic mass is 10.0. The maximum Gasteiger partial charge on any atom is 0.264 e. The normalized spacial score (nSPS) is 12.2. The summed E-state index contributed by atoms with van der Waals surface area (Å²) in [5, 5.41) is 3.37. The first kappa shape index (κ1) is 34.8. The number of hydrogen-bond donors (Lipinski definition) is 1. The number of ether oxygens (including phenoxy) is 1. The van der Waals surface area contributed by atoms with Crippen molar-refractivity contribution in [3.63, 3.8) is 0 Å². The highest BCUT2D eigenvalue weighted by Gasteiger charge is 2.35. The number of benzene rings is 4. The summed E-state index contributed by atoms with van der Waals surface area (Å²) in [6.07, 6.45) is 0.191. The molecule has 1 unspecified atom stereocenters. The number of sulfonamides is 1. The van der Waals surface area contributed by atoms with Crippen molar-refractivity contribution in [1.29, 1.82) is 0 Å². The zero-order valence-electron chi connectivity index (χ0n) is 26.1. The molecule has 0 aliphatic carbocycles. The van der Waals surface area contributed by atoms with Gasteiger partial charge in [0.2, 0.25) is 11.8 Å². The molecule has 11 heteroatoms.